The molecular formula is C10H10ClFN2. The van der Waals surface area contributed by atoms with Crippen molar-refractivity contribution in [2.24, 2.45) is 0 Å². The van der Waals surface area contributed by atoms with Gasteiger partial charge in [0.25, 0.3) is 0 Å². The van der Waals surface area contributed by atoms with Crippen molar-refractivity contribution in [2.45, 2.75) is 19.4 Å². The molecule has 0 aliphatic carbocycles. The summed E-state index contributed by atoms with van der Waals surface area (Å²) < 4.78 is 13.2. The number of pyridine rings is 1. The molecule has 0 aromatic carbocycles. The normalized spacial score (nSPS) is 11.9. The molecule has 0 amide bonds. The summed E-state index contributed by atoms with van der Waals surface area (Å²) in [4.78, 5) is 3.80. The number of hydrogen-bond acceptors (Lipinski definition) is 2. The number of nitrogens with zero attached hydrogens (tertiary/aromatic N) is 1. The predicted molar refractivity (Wildman–Crippen MR) is 55.7 cm³/mol. The molecule has 74 valence electrons. The van der Waals surface area contributed by atoms with Gasteiger partial charge < -0.3 is 5.32 Å². The number of aromatic nitrogens is 1. The van der Waals surface area contributed by atoms with Crippen molar-refractivity contribution in [3.05, 3.63) is 23.1 Å². The average Bonchev–Trinajstić information content (AvgIpc) is 2.17. The molecule has 0 saturated carbocycles. The molecule has 0 bridgehead atoms. The molecule has 1 aromatic rings. The van der Waals surface area contributed by atoms with Gasteiger partial charge in [-0.25, -0.2) is 9.37 Å². The maximum absolute atomic E-state index is 13.2. The van der Waals surface area contributed by atoms with Crippen molar-refractivity contribution in [1.29, 1.82) is 0 Å². The second-order valence-electron chi connectivity index (χ2n) is 2.76. The molecule has 1 N–H and O–H groups in total. The van der Waals surface area contributed by atoms with Gasteiger partial charge in [-0.05, 0) is 12.5 Å². The molecular weight excluding hydrogens is 203 g/mol. The number of nitrogens with one attached hydrogen (secondary N) is 1. The first-order valence-electron chi connectivity index (χ1n) is 4.21. The number of rotatable bonds is 3. The number of hydrogen-bond donors (Lipinski definition) is 1. The van der Waals surface area contributed by atoms with E-state index in [9.17, 15) is 4.39 Å². The zero-order valence-corrected chi connectivity index (χ0v) is 8.48. The fourth-order valence-corrected chi connectivity index (χ4v) is 1.09. The summed E-state index contributed by atoms with van der Waals surface area (Å²) in [6.45, 7) is 1.91. The Morgan fingerprint density at radius 3 is 3.00 bits per heavy atom. The molecule has 2 nitrogen and oxygen atoms in total. The van der Waals surface area contributed by atoms with E-state index < -0.39 is 5.82 Å². The number of halogens is 2. The molecule has 0 spiro atoms. The minimum Gasteiger partial charge on any atom is -0.354 e. The van der Waals surface area contributed by atoms with Crippen molar-refractivity contribution in [1.82, 2.24) is 4.98 Å². The van der Waals surface area contributed by atoms with Crippen LogP contribution in [0.4, 0.5) is 10.2 Å². The molecule has 0 saturated heterocycles. The summed E-state index contributed by atoms with van der Waals surface area (Å²) in [6, 6.07) is 0.985. The lowest BCUT2D eigenvalue weighted by Gasteiger charge is -2.11. The van der Waals surface area contributed by atoms with Crippen LogP contribution >= 0.6 is 11.6 Å². The Hall–Kier alpha value is -1.27. The van der Waals surface area contributed by atoms with Crippen LogP contribution in [0.1, 0.15) is 13.3 Å². The van der Waals surface area contributed by atoms with Crippen molar-refractivity contribution in [3.8, 4) is 12.3 Å². The Kier molecular flexibility index (Phi) is 3.73. The molecule has 1 atom stereocenters. The number of terminal acetylenes is 1. The predicted octanol–water partition coefficient (Wildman–Crippen LogP) is 2.70. The third kappa shape index (κ3) is 2.61. The van der Waals surface area contributed by atoms with E-state index in [1.165, 1.54) is 12.3 Å². The van der Waals surface area contributed by atoms with Gasteiger partial charge in [-0.2, -0.15) is 0 Å². The first kappa shape index (κ1) is 10.8. The van der Waals surface area contributed by atoms with Crippen LogP contribution in [0.2, 0.25) is 5.02 Å². The Bertz CT molecular complexity index is 360. The van der Waals surface area contributed by atoms with Crippen LogP contribution < -0.4 is 5.32 Å². The van der Waals surface area contributed by atoms with Crippen molar-refractivity contribution < 1.29 is 4.39 Å². The fourth-order valence-electron chi connectivity index (χ4n) is 0.947. The summed E-state index contributed by atoms with van der Waals surface area (Å²) in [5.41, 5.74) is 0. The summed E-state index contributed by atoms with van der Waals surface area (Å²) in [5.74, 6) is 2.14. The van der Waals surface area contributed by atoms with Crippen molar-refractivity contribution >= 4 is 17.4 Å². The third-order valence-corrected chi connectivity index (χ3v) is 1.93. The van der Waals surface area contributed by atoms with Gasteiger partial charge in [-0.3, -0.25) is 0 Å². The Morgan fingerprint density at radius 2 is 2.50 bits per heavy atom. The molecule has 0 radical (unpaired) electrons. The standard InChI is InChI=1S/C10H10ClFN2/c1-3-8(4-2)14-10-9(12)5-7(11)6-13-10/h1,5-6,8H,4H2,2H3,(H,13,14). The maximum Gasteiger partial charge on any atom is 0.166 e. The summed E-state index contributed by atoms with van der Waals surface area (Å²) in [7, 11) is 0. The Balaban J connectivity index is 2.82. The molecule has 0 aliphatic rings. The highest BCUT2D eigenvalue weighted by Crippen LogP contribution is 2.16. The van der Waals surface area contributed by atoms with Gasteiger partial charge >= 0.3 is 0 Å². The summed E-state index contributed by atoms with van der Waals surface area (Å²) in [5, 5.41) is 3.06. The number of anilines is 1. The zero-order chi connectivity index (χ0) is 10.6. The van der Waals surface area contributed by atoms with Gasteiger partial charge in [0.1, 0.15) is 0 Å². The minimum atomic E-state index is -0.494. The van der Waals surface area contributed by atoms with Crippen LogP contribution in [0.15, 0.2) is 12.3 Å². The lowest BCUT2D eigenvalue weighted by molar-refractivity contribution is 0.622. The van der Waals surface area contributed by atoms with E-state index in [2.05, 4.69) is 16.2 Å². The van der Waals surface area contributed by atoms with Crippen molar-refractivity contribution in [3.63, 3.8) is 0 Å². The zero-order valence-electron chi connectivity index (χ0n) is 7.72. The van der Waals surface area contributed by atoms with E-state index in [1.807, 2.05) is 6.92 Å². The third-order valence-electron chi connectivity index (χ3n) is 1.73. The Labute approximate surface area is 87.5 Å². The lowest BCUT2D eigenvalue weighted by atomic mass is 10.2. The summed E-state index contributed by atoms with van der Waals surface area (Å²) in [6.07, 6.45) is 7.30. The molecule has 1 aromatic heterocycles. The highest BCUT2D eigenvalue weighted by Gasteiger charge is 2.07. The second kappa shape index (κ2) is 4.83. The largest absolute Gasteiger partial charge is 0.354 e. The SMILES string of the molecule is C#CC(CC)Nc1ncc(Cl)cc1F. The topological polar surface area (TPSA) is 24.9 Å². The first-order valence-corrected chi connectivity index (χ1v) is 4.59. The van der Waals surface area contributed by atoms with E-state index in [1.54, 1.807) is 0 Å². The minimum absolute atomic E-state index is 0.138. The monoisotopic (exact) mass is 212 g/mol. The molecule has 0 aliphatic heterocycles. The molecule has 4 heteroatoms. The average molecular weight is 213 g/mol. The quantitative estimate of drug-likeness (QED) is 0.780. The van der Waals surface area contributed by atoms with Crippen LogP contribution in [0.5, 0.6) is 0 Å². The van der Waals surface area contributed by atoms with Gasteiger partial charge in [-0.1, -0.05) is 24.4 Å². The van der Waals surface area contributed by atoms with Crippen LogP contribution in [-0.2, 0) is 0 Å². The van der Waals surface area contributed by atoms with E-state index in [-0.39, 0.29) is 16.9 Å². The lowest BCUT2D eigenvalue weighted by Crippen LogP contribution is -2.17. The van der Waals surface area contributed by atoms with Crippen LogP contribution in [-0.4, -0.2) is 11.0 Å². The van der Waals surface area contributed by atoms with Crippen LogP contribution in [0, 0.1) is 18.2 Å². The summed E-state index contributed by atoms with van der Waals surface area (Å²) >= 11 is 5.55. The maximum atomic E-state index is 13.2. The van der Waals surface area contributed by atoms with Crippen molar-refractivity contribution in [2.75, 3.05) is 5.32 Å². The fraction of sp³-hybridized carbons (Fsp3) is 0.300. The highest BCUT2D eigenvalue weighted by atomic mass is 35.5. The second-order valence-corrected chi connectivity index (χ2v) is 3.19. The molecule has 1 unspecified atom stereocenters. The van der Waals surface area contributed by atoms with E-state index in [0.717, 1.165) is 0 Å². The van der Waals surface area contributed by atoms with Gasteiger partial charge in [0.15, 0.2) is 11.6 Å². The van der Waals surface area contributed by atoms with Crippen LogP contribution in [0.25, 0.3) is 0 Å². The molecule has 14 heavy (non-hydrogen) atoms. The van der Waals surface area contributed by atoms with E-state index in [0.29, 0.717) is 6.42 Å². The Morgan fingerprint density at radius 1 is 1.79 bits per heavy atom. The van der Waals surface area contributed by atoms with E-state index >= 15 is 0 Å². The van der Waals surface area contributed by atoms with Gasteiger partial charge in [0.05, 0.1) is 11.1 Å². The van der Waals surface area contributed by atoms with Crippen LogP contribution in [0.3, 0.4) is 0 Å². The van der Waals surface area contributed by atoms with Gasteiger partial charge in [-0.15, -0.1) is 6.42 Å². The van der Waals surface area contributed by atoms with Gasteiger partial charge in [0.2, 0.25) is 0 Å². The smallest absolute Gasteiger partial charge is 0.166 e. The molecule has 1 rings (SSSR count). The molecule has 1 heterocycles. The van der Waals surface area contributed by atoms with E-state index in [4.69, 9.17) is 18.0 Å². The van der Waals surface area contributed by atoms with Gasteiger partial charge in [0, 0.05) is 6.20 Å². The molecule has 0 fully saturated rings. The first-order chi connectivity index (χ1) is 6.67. The highest BCUT2D eigenvalue weighted by molar-refractivity contribution is 6.30.